The van der Waals surface area contributed by atoms with Gasteiger partial charge in [0, 0.05) is 10.7 Å². The lowest BCUT2D eigenvalue weighted by Gasteiger charge is -2.38. The van der Waals surface area contributed by atoms with Crippen molar-refractivity contribution >= 4 is 29.3 Å². The Balaban J connectivity index is 1.73. The number of hydrogen-bond donors (Lipinski definition) is 1. The fourth-order valence-electron chi connectivity index (χ4n) is 4.82. The van der Waals surface area contributed by atoms with Crippen LogP contribution in [-0.4, -0.2) is 30.8 Å². The first kappa shape index (κ1) is 29.3. The number of nitrogens with zero attached hydrogens (tertiary/aromatic N) is 1. The smallest absolute Gasteiger partial charge is 0.408 e. The highest BCUT2D eigenvalue weighted by molar-refractivity contribution is 6.30. The van der Waals surface area contributed by atoms with Gasteiger partial charge in [0.1, 0.15) is 5.60 Å². The lowest BCUT2D eigenvalue weighted by Crippen LogP contribution is -2.41. The summed E-state index contributed by atoms with van der Waals surface area (Å²) >= 11 is 6.22. The number of amides is 2. The minimum Gasteiger partial charge on any atom is -0.493 e. The van der Waals surface area contributed by atoms with E-state index in [1.807, 2.05) is 107 Å². The Hall–Kier alpha value is -3.71. The SMILES string of the molecule is COc1cc2c(cc1OC(C)C)[C@H](c1ccc(Cl)cc1)N(c1ccc([C@H](C)NC(=O)OC(C)(C)C)cc1)C(=O)C2. The van der Waals surface area contributed by atoms with Gasteiger partial charge in [-0.1, -0.05) is 35.9 Å². The predicted octanol–water partition coefficient (Wildman–Crippen LogP) is 7.40. The fraction of sp³-hybridized carbons (Fsp3) is 0.375. The van der Waals surface area contributed by atoms with Crippen molar-refractivity contribution in [3.8, 4) is 11.5 Å². The summed E-state index contributed by atoms with van der Waals surface area (Å²) in [5.41, 5.74) is 3.82. The van der Waals surface area contributed by atoms with E-state index in [9.17, 15) is 9.59 Å². The third kappa shape index (κ3) is 6.70. The van der Waals surface area contributed by atoms with Crippen molar-refractivity contribution in [2.24, 2.45) is 0 Å². The Labute approximate surface area is 241 Å². The monoisotopic (exact) mass is 564 g/mol. The van der Waals surface area contributed by atoms with E-state index < -0.39 is 17.7 Å². The molecule has 1 aliphatic heterocycles. The van der Waals surface area contributed by atoms with Crippen molar-refractivity contribution in [1.29, 1.82) is 0 Å². The van der Waals surface area contributed by atoms with Crippen molar-refractivity contribution < 1.29 is 23.8 Å². The molecule has 0 aliphatic carbocycles. The number of alkyl carbamates (subject to hydrolysis) is 1. The van der Waals surface area contributed by atoms with Gasteiger partial charge in [-0.15, -0.1) is 0 Å². The lowest BCUT2D eigenvalue weighted by molar-refractivity contribution is -0.118. The van der Waals surface area contributed by atoms with Crippen LogP contribution in [0, 0.1) is 0 Å². The Morgan fingerprint density at radius 3 is 2.23 bits per heavy atom. The van der Waals surface area contributed by atoms with Crippen LogP contribution in [-0.2, 0) is 16.0 Å². The van der Waals surface area contributed by atoms with Crippen LogP contribution in [0.3, 0.4) is 0 Å². The van der Waals surface area contributed by atoms with Gasteiger partial charge in [-0.25, -0.2) is 4.79 Å². The molecular formula is C32H37ClN2O5. The molecule has 2 atom stereocenters. The van der Waals surface area contributed by atoms with Gasteiger partial charge in [-0.2, -0.15) is 0 Å². The Bertz CT molecular complexity index is 1360. The zero-order chi connectivity index (χ0) is 29.2. The van der Waals surface area contributed by atoms with Crippen LogP contribution in [0.4, 0.5) is 10.5 Å². The van der Waals surface area contributed by atoms with Crippen molar-refractivity contribution in [2.45, 2.75) is 71.8 Å². The molecule has 40 heavy (non-hydrogen) atoms. The second kappa shape index (κ2) is 11.8. The number of anilines is 1. The summed E-state index contributed by atoms with van der Waals surface area (Å²) in [6.45, 7) is 11.3. The third-order valence-corrected chi connectivity index (χ3v) is 6.79. The van der Waals surface area contributed by atoms with Gasteiger partial charge in [-0.05, 0) is 100 Å². The molecule has 0 fully saturated rings. The van der Waals surface area contributed by atoms with Crippen LogP contribution in [0.1, 0.15) is 75.9 Å². The van der Waals surface area contributed by atoms with E-state index in [0.29, 0.717) is 16.5 Å². The van der Waals surface area contributed by atoms with Gasteiger partial charge in [-0.3, -0.25) is 4.79 Å². The molecule has 2 amide bonds. The van der Waals surface area contributed by atoms with Gasteiger partial charge in [0.15, 0.2) is 11.5 Å². The molecule has 3 aromatic carbocycles. The summed E-state index contributed by atoms with van der Waals surface area (Å²) in [5.74, 6) is 1.18. The van der Waals surface area contributed by atoms with Gasteiger partial charge < -0.3 is 24.4 Å². The van der Waals surface area contributed by atoms with Crippen LogP contribution in [0.5, 0.6) is 11.5 Å². The number of carbonyl (C=O) groups is 2. The zero-order valence-electron chi connectivity index (χ0n) is 24.1. The number of halogens is 1. The Kier molecular flexibility index (Phi) is 8.64. The molecule has 0 spiro atoms. The molecule has 8 heteroatoms. The van der Waals surface area contributed by atoms with E-state index in [-0.39, 0.29) is 24.5 Å². The highest BCUT2D eigenvalue weighted by atomic mass is 35.5. The summed E-state index contributed by atoms with van der Waals surface area (Å²) in [6, 6.07) is 18.4. The van der Waals surface area contributed by atoms with E-state index in [1.54, 1.807) is 7.11 Å². The first-order valence-corrected chi connectivity index (χ1v) is 13.8. The molecule has 7 nitrogen and oxygen atoms in total. The summed E-state index contributed by atoms with van der Waals surface area (Å²) in [6.07, 6.45) is -0.313. The molecule has 212 valence electrons. The molecule has 0 bridgehead atoms. The largest absolute Gasteiger partial charge is 0.493 e. The minimum atomic E-state index is -0.584. The molecule has 0 saturated carbocycles. The van der Waals surface area contributed by atoms with Crippen LogP contribution in [0.25, 0.3) is 0 Å². The second-order valence-corrected chi connectivity index (χ2v) is 11.7. The molecule has 0 saturated heterocycles. The van der Waals surface area contributed by atoms with Crippen molar-refractivity contribution in [1.82, 2.24) is 5.32 Å². The van der Waals surface area contributed by atoms with Crippen LogP contribution < -0.4 is 19.7 Å². The zero-order valence-corrected chi connectivity index (χ0v) is 24.8. The van der Waals surface area contributed by atoms with Gasteiger partial charge >= 0.3 is 6.09 Å². The molecule has 3 aromatic rings. The minimum absolute atomic E-state index is 0.0419. The normalized spacial score (nSPS) is 15.9. The molecule has 1 aliphatic rings. The molecular weight excluding hydrogens is 528 g/mol. The number of hydrogen-bond acceptors (Lipinski definition) is 5. The average molecular weight is 565 g/mol. The first-order valence-electron chi connectivity index (χ1n) is 13.4. The quantitative estimate of drug-likeness (QED) is 0.323. The Morgan fingerprint density at radius 2 is 1.65 bits per heavy atom. The van der Waals surface area contributed by atoms with Crippen molar-refractivity contribution in [2.75, 3.05) is 12.0 Å². The van der Waals surface area contributed by atoms with Crippen LogP contribution >= 0.6 is 11.6 Å². The van der Waals surface area contributed by atoms with Gasteiger partial charge in [0.2, 0.25) is 5.91 Å². The maximum Gasteiger partial charge on any atom is 0.408 e. The van der Waals surface area contributed by atoms with E-state index in [1.165, 1.54) is 0 Å². The average Bonchev–Trinajstić information content (AvgIpc) is 2.87. The van der Waals surface area contributed by atoms with Crippen LogP contribution in [0.2, 0.25) is 5.02 Å². The van der Waals surface area contributed by atoms with E-state index in [0.717, 1.165) is 27.9 Å². The number of ether oxygens (including phenoxy) is 3. The summed E-state index contributed by atoms with van der Waals surface area (Å²) < 4.78 is 17.1. The summed E-state index contributed by atoms with van der Waals surface area (Å²) in [4.78, 5) is 27.8. The van der Waals surface area contributed by atoms with E-state index in [2.05, 4.69) is 5.32 Å². The van der Waals surface area contributed by atoms with E-state index >= 15 is 0 Å². The number of nitrogens with one attached hydrogen (secondary N) is 1. The highest BCUT2D eigenvalue weighted by Gasteiger charge is 2.36. The molecule has 0 unspecified atom stereocenters. The highest BCUT2D eigenvalue weighted by Crippen LogP contribution is 2.44. The molecule has 0 radical (unpaired) electrons. The summed E-state index contributed by atoms with van der Waals surface area (Å²) in [5, 5.41) is 3.48. The van der Waals surface area contributed by atoms with Gasteiger partial charge in [0.05, 0.1) is 31.7 Å². The molecule has 4 rings (SSSR count). The number of rotatable bonds is 7. The molecule has 0 aromatic heterocycles. The predicted molar refractivity (Wildman–Crippen MR) is 157 cm³/mol. The maximum absolute atomic E-state index is 13.7. The number of carbonyl (C=O) groups excluding carboxylic acids is 2. The van der Waals surface area contributed by atoms with Crippen LogP contribution in [0.15, 0.2) is 60.7 Å². The number of fused-ring (bicyclic) bond motifs is 1. The van der Waals surface area contributed by atoms with Crippen molar-refractivity contribution in [3.63, 3.8) is 0 Å². The number of benzene rings is 3. The van der Waals surface area contributed by atoms with Crippen molar-refractivity contribution in [3.05, 3.63) is 87.9 Å². The van der Waals surface area contributed by atoms with Gasteiger partial charge in [0.25, 0.3) is 0 Å². The summed E-state index contributed by atoms with van der Waals surface area (Å²) in [7, 11) is 1.60. The standard InChI is InChI=1S/C32H37ClN2O5/c1-19(2)39-28-18-26-23(16-27(28)38-7)17-29(36)35(30(26)22-8-12-24(33)13-9-22)25-14-10-21(11-15-25)20(3)34-31(37)40-32(4,5)6/h8-16,18-20,30H,17H2,1-7H3,(H,34,37)/t20-,30-/m0/s1. The lowest BCUT2D eigenvalue weighted by atomic mass is 9.86. The fourth-order valence-corrected chi connectivity index (χ4v) is 4.95. The molecule has 1 N–H and O–H groups in total. The first-order chi connectivity index (χ1) is 18.9. The third-order valence-electron chi connectivity index (χ3n) is 6.54. The maximum atomic E-state index is 13.7. The van der Waals surface area contributed by atoms with E-state index in [4.69, 9.17) is 25.8 Å². The number of methoxy groups -OCH3 is 1. The second-order valence-electron chi connectivity index (χ2n) is 11.2. The topological polar surface area (TPSA) is 77.1 Å². The molecule has 1 heterocycles. The Morgan fingerprint density at radius 1 is 1.00 bits per heavy atom.